The van der Waals surface area contributed by atoms with Crippen LogP contribution in [0.5, 0.6) is 0 Å². The molecule has 138 valence electrons. The molecular formula is C23H26N3O+. The van der Waals surface area contributed by atoms with Gasteiger partial charge in [0.25, 0.3) is 5.91 Å². The van der Waals surface area contributed by atoms with Crippen molar-refractivity contribution in [2.24, 2.45) is 7.05 Å². The summed E-state index contributed by atoms with van der Waals surface area (Å²) in [6.45, 7) is 1.54. The third-order valence-corrected chi connectivity index (χ3v) is 5.50. The summed E-state index contributed by atoms with van der Waals surface area (Å²) in [4.78, 5) is 14.2. The van der Waals surface area contributed by atoms with Gasteiger partial charge in [-0.2, -0.15) is 0 Å². The maximum atomic E-state index is 12.8. The van der Waals surface area contributed by atoms with E-state index in [1.54, 1.807) is 0 Å². The number of hydrogen-bond donors (Lipinski definition) is 2. The van der Waals surface area contributed by atoms with Crippen molar-refractivity contribution in [1.29, 1.82) is 0 Å². The van der Waals surface area contributed by atoms with Gasteiger partial charge in [-0.05, 0) is 23.8 Å². The highest BCUT2D eigenvalue weighted by atomic mass is 16.2. The minimum absolute atomic E-state index is 0.0782. The van der Waals surface area contributed by atoms with Gasteiger partial charge in [0.2, 0.25) is 0 Å². The number of hydrogen-bond acceptors (Lipinski definition) is 1. The van der Waals surface area contributed by atoms with Gasteiger partial charge in [-0.25, -0.2) is 0 Å². The fourth-order valence-electron chi connectivity index (χ4n) is 4.18. The van der Waals surface area contributed by atoms with Crippen molar-refractivity contribution in [3.05, 3.63) is 78.6 Å². The fraction of sp³-hybridized carbons (Fsp3) is 0.261. The number of amides is 1. The van der Waals surface area contributed by atoms with E-state index in [-0.39, 0.29) is 5.91 Å². The van der Waals surface area contributed by atoms with Crippen molar-refractivity contribution in [2.75, 3.05) is 18.4 Å². The molecule has 1 amide bonds. The number of anilines is 1. The minimum atomic E-state index is 0.0782. The molecule has 2 N–H and O–H groups in total. The topological polar surface area (TPSA) is 38.5 Å². The van der Waals surface area contributed by atoms with Gasteiger partial charge in [0, 0.05) is 37.3 Å². The van der Waals surface area contributed by atoms with Crippen LogP contribution < -0.4 is 10.2 Å². The lowest BCUT2D eigenvalue weighted by Crippen LogP contribution is -3.11. The maximum Gasteiger partial charge on any atom is 0.279 e. The van der Waals surface area contributed by atoms with Crippen molar-refractivity contribution in [2.45, 2.75) is 18.9 Å². The molecule has 4 nitrogen and oxygen atoms in total. The summed E-state index contributed by atoms with van der Waals surface area (Å²) in [5, 5.41) is 3.15. The summed E-state index contributed by atoms with van der Waals surface area (Å²) in [5.41, 5.74) is 4.37. The van der Waals surface area contributed by atoms with E-state index < -0.39 is 0 Å². The highest BCUT2D eigenvalue weighted by molar-refractivity contribution is 5.96. The van der Waals surface area contributed by atoms with Crippen LogP contribution >= 0.6 is 0 Å². The Labute approximate surface area is 160 Å². The molecule has 1 unspecified atom stereocenters. The molecule has 2 aromatic carbocycles. The second kappa shape index (κ2) is 7.80. The van der Waals surface area contributed by atoms with Gasteiger partial charge < -0.3 is 14.8 Å². The number of aryl methyl sites for hydroxylation is 1. The predicted octanol–water partition coefficient (Wildman–Crippen LogP) is 3.05. The van der Waals surface area contributed by atoms with Gasteiger partial charge in [0.1, 0.15) is 6.04 Å². The SMILES string of the molecule is Cn1cccc1[C@@H]1CCC[NH+]1CC(=O)Nc1ccccc1-c1ccccc1. The number of quaternary nitrogens is 1. The third kappa shape index (κ3) is 3.81. The van der Waals surface area contributed by atoms with Gasteiger partial charge in [-0.3, -0.25) is 4.79 Å². The first kappa shape index (κ1) is 17.6. The van der Waals surface area contributed by atoms with Gasteiger partial charge in [0.05, 0.1) is 12.2 Å². The molecule has 0 saturated carbocycles. The van der Waals surface area contributed by atoms with Crippen LogP contribution in [0.25, 0.3) is 11.1 Å². The van der Waals surface area contributed by atoms with E-state index in [1.165, 1.54) is 17.0 Å². The first-order valence-electron chi connectivity index (χ1n) is 9.62. The van der Waals surface area contributed by atoms with Gasteiger partial charge in [-0.15, -0.1) is 0 Å². The molecule has 27 heavy (non-hydrogen) atoms. The number of carbonyl (C=O) groups excluding carboxylic acids is 1. The van der Waals surface area contributed by atoms with Crippen molar-refractivity contribution >= 4 is 11.6 Å². The molecule has 1 aliphatic rings. The number of likely N-dealkylation sites (tertiary alicyclic amines) is 1. The number of aromatic nitrogens is 1. The zero-order valence-electron chi connectivity index (χ0n) is 15.7. The number of para-hydroxylation sites is 1. The van der Waals surface area contributed by atoms with Crippen LogP contribution in [-0.2, 0) is 11.8 Å². The Morgan fingerprint density at radius 3 is 2.63 bits per heavy atom. The molecule has 1 aliphatic heterocycles. The number of nitrogens with one attached hydrogen (secondary N) is 2. The highest BCUT2D eigenvalue weighted by Gasteiger charge is 2.33. The summed E-state index contributed by atoms with van der Waals surface area (Å²) in [6, 6.07) is 22.9. The lowest BCUT2D eigenvalue weighted by atomic mass is 10.0. The van der Waals surface area contributed by atoms with E-state index in [2.05, 4.69) is 53.5 Å². The number of nitrogens with zero attached hydrogens (tertiary/aromatic N) is 1. The molecule has 4 heteroatoms. The summed E-state index contributed by atoms with van der Waals surface area (Å²) in [5.74, 6) is 0.0782. The van der Waals surface area contributed by atoms with E-state index in [0.717, 1.165) is 29.8 Å². The lowest BCUT2D eigenvalue weighted by Gasteiger charge is -2.22. The molecule has 1 fully saturated rings. The van der Waals surface area contributed by atoms with E-state index >= 15 is 0 Å². The Hall–Kier alpha value is -2.85. The molecule has 0 bridgehead atoms. The maximum absolute atomic E-state index is 12.8. The second-order valence-corrected chi connectivity index (χ2v) is 7.28. The first-order valence-corrected chi connectivity index (χ1v) is 9.62. The molecule has 2 heterocycles. The van der Waals surface area contributed by atoms with Gasteiger partial charge in [-0.1, -0.05) is 48.5 Å². The van der Waals surface area contributed by atoms with E-state index in [1.807, 2.05) is 36.4 Å². The van der Waals surface area contributed by atoms with E-state index in [0.29, 0.717) is 12.6 Å². The summed E-state index contributed by atoms with van der Waals surface area (Å²) >= 11 is 0. The van der Waals surface area contributed by atoms with Crippen molar-refractivity contribution in [1.82, 2.24) is 4.57 Å². The Bertz CT molecular complexity index is 916. The standard InChI is InChI=1S/C23H25N3O/c1-25-15-7-13-21(25)22-14-8-16-26(22)17-23(27)24-20-12-6-5-11-19(20)18-9-3-2-4-10-18/h2-7,9-13,15,22H,8,14,16-17H2,1H3,(H,24,27)/p+1/t22-/m0/s1. The molecular weight excluding hydrogens is 334 g/mol. The van der Waals surface area contributed by atoms with Crippen LogP contribution in [0.4, 0.5) is 5.69 Å². The number of rotatable bonds is 5. The monoisotopic (exact) mass is 360 g/mol. The van der Waals surface area contributed by atoms with Crippen LogP contribution in [0.1, 0.15) is 24.6 Å². The van der Waals surface area contributed by atoms with E-state index in [4.69, 9.17) is 0 Å². The van der Waals surface area contributed by atoms with Gasteiger partial charge >= 0.3 is 0 Å². The normalized spacial score (nSPS) is 19.1. The first-order chi connectivity index (χ1) is 13.2. The predicted molar refractivity (Wildman–Crippen MR) is 109 cm³/mol. The average Bonchev–Trinajstić information content (AvgIpc) is 3.31. The minimum Gasteiger partial charge on any atom is -0.350 e. The fourth-order valence-corrected chi connectivity index (χ4v) is 4.18. The van der Waals surface area contributed by atoms with Crippen molar-refractivity contribution in [3.63, 3.8) is 0 Å². The zero-order valence-corrected chi connectivity index (χ0v) is 15.7. The van der Waals surface area contributed by atoms with Crippen LogP contribution in [0.15, 0.2) is 72.9 Å². The molecule has 2 atom stereocenters. The largest absolute Gasteiger partial charge is 0.350 e. The third-order valence-electron chi connectivity index (χ3n) is 5.50. The smallest absolute Gasteiger partial charge is 0.279 e. The van der Waals surface area contributed by atoms with Crippen LogP contribution in [0, 0.1) is 0 Å². The molecule has 1 saturated heterocycles. The quantitative estimate of drug-likeness (QED) is 0.721. The summed E-state index contributed by atoms with van der Waals surface area (Å²) < 4.78 is 2.18. The lowest BCUT2D eigenvalue weighted by molar-refractivity contribution is -0.910. The number of carbonyl (C=O) groups is 1. The van der Waals surface area contributed by atoms with Crippen molar-refractivity contribution < 1.29 is 9.69 Å². The number of benzene rings is 2. The van der Waals surface area contributed by atoms with Crippen molar-refractivity contribution in [3.8, 4) is 11.1 Å². The molecule has 4 rings (SSSR count). The van der Waals surface area contributed by atoms with Crippen LogP contribution in [0.2, 0.25) is 0 Å². The summed E-state index contributed by atoms with van der Waals surface area (Å²) in [7, 11) is 2.08. The molecule has 1 aromatic heterocycles. The Morgan fingerprint density at radius 2 is 1.85 bits per heavy atom. The van der Waals surface area contributed by atoms with Crippen LogP contribution in [0.3, 0.4) is 0 Å². The Morgan fingerprint density at radius 1 is 1.07 bits per heavy atom. The zero-order chi connectivity index (χ0) is 18.6. The molecule has 0 radical (unpaired) electrons. The van der Waals surface area contributed by atoms with E-state index in [9.17, 15) is 4.79 Å². The Kier molecular flexibility index (Phi) is 5.07. The molecule has 3 aromatic rings. The highest BCUT2D eigenvalue weighted by Crippen LogP contribution is 2.27. The van der Waals surface area contributed by atoms with Crippen LogP contribution in [-0.4, -0.2) is 23.6 Å². The van der Waals surface area contributed by atoms with Gasteiger partial charge in [0.15, 0.2) is 6.54 Å². The molecule has 0 spiro atoms. The Balaban J connectivity index is 1.48. The molecule has 0 aliphatic carbocycles. The average molecular weight is 360 g/mol. The summed E-state index contributed by atoms with van der Waals surface area (Å²) in [6.07, 6.45) is 4.39. The second-order valence-electron chi connectivity index (χ2n) is 7.28.